The zero-order chi connectivity index (χ0) is 14.6. The molecule has 2 rings (SSSR count). The first kappa shape index (κ1) is 15.2. The van der Waals surface area contributed by atoms with Crippen molar-refractivity contribution in [2.75, 3.05) is 5.73 Å². The first-order valence-electron chi connectivity index (χ1n) is 7.13. The molecule has 0 radical (unpaired) electrons. The van der Waals surface area contributed by atoms with Crippen LogP contribution in [0, 0.1) is 5.92 Å². The van der Waals surface area contributed by atoms with Crippen molar-refractivity contribution in [1.82, 2.24) is 14.7 Å². The summed E-state index contributed by atoms with van der Waals surface area (Å²) in [6.07, 6.45) is 9.11. The molecule has 7 heteroatoms. The Bertz CT molecular complexity index is 524. The van der Waals surface area contributed by atoms with Gasteiger partial charge in [0.2, 0.25) is 16.0 Å². The summed E-state index contributed by atoms with van der Waals surface area (Å²) in [5.74, 6) is 0.501. The summed E-state index contributed by atoms with van der Waals surface area (Å²) in [5, 5.41) is 0. The van der Waals surface area contributed by atoms with E-state index in [0.29, 0.717) is 5.92 Å². The van der Waals surface area contributed by atoms with Crippen LogP contribution in [0.4, 0.5) is 5.95 Å². The van der Waals surface area contributed by atoms with E-state index in [0.717, 1.165) is 19.3 Å². The van der Waals surface area contributed by atoms with E-state index in [4.69, 9.17) is 5.73 Å². The fourth-order valence-electron chi connectivity index (χ4n) is 2.78. The first-order chi connectivity index (χ1) is 9.53. The average Bonchev–Trinajstić information content (AvgIpc) is 2.46. The summed E-state index contributed by atoms with van der Waals surface area (Å²) < 4.78 is 27.4. The highest BCUT2D eigenvalue weighted by atomic mass is 32.2. The van der Waals surface area contributed by atoms with Crippen molar-refractivity contribution in [2.45, 2.75) is 56.4 Å². The molecule has 1 atom stereocenters. The van der Waals surface area contributed by atoms with E-state index in [1.807, 2.05) is 6.92 Å². The van der Waals surface area contributed by atoms with E-state index < -0.39 is 10.0 Å². The number of aromatic nitrogens is 2. The third-order valence-electron chi connectivity index (χ3n) is 3.92. The SMILES string of the molecule is CCC(NS(=O)(=O)c1cnc(N)nc1)C1CCCCC1. The lowest BCUT2D eigenvalue weighted by Gasteiger charge is -2.29. The molecule has 1 fully saturated rings. The molecule has 0 aliphatic heterocycles. The summed E-state index contributed by atoms with van der Waals surface area (Å²) in [6, 6.07) is -0.0159. The Hall–Kier alpha value is -1.21. The number of nitrogens with one attached hydrogen (secondary N) is 1. The molecule has 0 aromatic carbocycles. The van der Waals surface area contributed by atoms with Crippen molar-refractivity contribution in [2.24, 2.45) is 5.92 Å². The van der Waals surface area contributed by atoms with Gasteiger partial charge >= 0.3 is 0 Å². The van der Waals surface area contributed by atoms with Crippen LogP contribution in [0.1, 0.15) is 45.4 Å². The van der Waals surface area contributed by atoms with E-state index in [1.54, 1.807) is 0 Å². The first-order valence-corrected chi connectivity index (χ1v) is 8.61. The van der Waals surface area contributed by atoms with Crippen LogP contribution in [-0.2, 0) is 10.0 Å². The molecule has 3 N–H and O–H groups in total. The Morgan fingerprint density at radius 1 is 1.30 bits per heavy atom. The monoisotopic (exact) mass is 298 g/mol. The Kier molecular flexibility index (Phi) is 4.93. The van der Waals surface area contributed by atoms with Crippen molar-refractivity contribution in [3.8, 4) is 0 Å². The van der Waals surface area contributed by atoms with Gasteiger partial charge in [-0.05, 0) is 25.2 Å². The number of hydrogen-bond donors (Lipinski definition) is 2. The molecule has 0 amide bonds. The fourth-order valence-corrected chi connectivity index (χ4v) is 4.06. The van der Waals surface area contributed by atoms with Gasteiger partial charge < -0.3 is 5.73 Å². The standard InChI is InChI=1S/C13H22N4O2S/c1-2-12(10-6-4-3-5-7-10)17-20(18,19)11-8-15-13(14)16-9-11/h8-10,12,17H,2-7H2,1H3,(H2,14,15,16). The van der Waals surface area contributed by atoms with Crippen molar-refractivity contribution in [3.63, 3.8) is 0 Å². The van der Waals surface area contributed by atoms with E-state index in [2.05, 4.69) is 14.7 Å². The molecular weight excluding hydrogens is 276 g/mol. The number of anilines is 1. The van der Waals surface area contributed by atoms with Gasteiger partial charge in [0, 0.05) is 6.04 Å². The maximum atomic E-state index is 12.3. The van der Waals surface area contributed by atoms with E-state index in [1.165, 1.54) is 31.7 Å². The van der Waals surface area contributed by atoms with Crippen molar-refractivity contribution >= 4 is 16.0 Å². The third-order valence-corrected chi connectivity index (χ3v) is 5.37. The fraction of sp³-hybridized carbons (Fsp3) is 0.692. The van der Waals surface area contributed by atoms with Crippen molar-refractivity contribution in [3.05, 3.63) is 12.4 Å². The Labute approximate surface area is 120 Å². The van der Waals surface area contributed by atoms with Gasteiger partial charge in [-0.1, -0.05) is 26.2 Å². The maximum Gasteiger partial charge on any atom is 0.243 e. The number of nitrogen functional groups attached to an aromatic ring is 1. The molecule has 0 bridgehead atoms. The van der Waals surface area contributed by atoms with Crippen LogP contribution in [0.25, 0.3) is 0 Å². The number of hydrogen-bond acceptors (Lipinski definition) is 5. The van der Waals surface area contributed by atoms with E-state index >= 15 is 0 Å². The molecule has 1 aliphatic rings. The molecule has 0 spiro atoms. The molecule has 0 saturated heterocycles. The lowest BCUT2D eigenvalue weighted by atomic mass is 9.83. The zero-order valence-corrected chi connectivity index (χ0v) is 12.6. The normalized spacial score (nSPS) is 18.9. The largest absolute Gasteiger partial charge is 0.368 e. The third kappa shape index (κ3) is 3.67. The van der Waals surface area contributed by atoms with Gasteiger partial charge in [-0.2, -0.15) is 0 Å². The van der Waals surface area contributed by atoms with Crippen molar-refractivity contribution < 1.29 is 8.42 Å². The van der Waals surface area contributed by atoms with Crippen LogP contribution in [0.5, 0.6) is 0 Å². The minimum absolute atomic E-state index is 0.0159. The Morgan fingerprint density at radius 3 is 2.45 bits per heavy atom. The highest BCUT2D eigenvalue weighted by Gasteiger charge is 2.27. The Morgan fingerprint density at radius 2 is 1.90 bits per heavy atom. The second kappa shape index (κ2) is 6.49. The van der Waals surface area contributed by atoms with Gasteiger partial charge in [0.15, 0.2) is 0 Å². The molecule has 20 heavy (non-hydrogen) atoms. The smallest absolute Gasteiger partial charge is 0.243 e. The summed E-state index contributed by atoms with van der Waals surface area (Å²) in [5.41, 5.74) is 5.38. The lowest BCUT2D eigenvalue weighted by molar-refractivity contribution is 0.285. The predicted molar refractivity (Wildman–Crippen MR) is 77.4 cm³/mol. The van der Waals surface area contributed by atoms with Gasteiger partial charge in [0.1, 0.15) is 4.90 Å². The van der Waals surface area contributed by atoms with Gasteiger partial charge in [-0.15, -0.1) is 0 Å². The van der Waals surface area contributed by atoms with Crippen LogP contribution < -0.4 is 10.5 Å². The zero-order valence-electron chi connectivity index (χ0n) is 11.7. The van der Waals surface area contributed by atoms with Crippen LogP contribution in [0.2, 0.25) is 0 Å². The van der Waals surface area contributed by atoms with Crippen LogP contribution >= 0.6 is 0 Å². The molecular formula is C13H22N4O2S. The maximum absolute atomic E-state index is 12.3. The molecule has 1 saturated carbocycles. The quantitative estimate of drug-likeness (QED) is 0.862. The number of sulfonamides is 1. The molecule has 112 valence electrons. The van der Waals surface area contributed by atoms with E-state index in [9.17, 15) is 8.42 Å². The second-order valence-electron chi connectivity index (χ2n) is 5.31. The van der Waals surface area contributed by atoms with Gasteiger partial charge in [-0.3, -0.25) is 0 Å². The molecule has 1 unspecified atom stereocenters. The van der Waals surface area contributed by atoms with Gasteiger partial charge in [0.25, 0.3) is 0 Å². The Balaban J connectivity index is 2.10. The van der Waals surface area contributed by atoms with Gasteiger partial charge in [-0.25, -0.2) is 23.1 Å². The predicted octanol–water partition coefficient (Wildman–Crippen LogP) is 1.70. The number of rotatable bonds is 5. The number of nitrogens with zero attached hydrogens (tertiary/aromatic N) is 2. The molecule has 6 nitrogen and oxygen atoms in total. The molecule has 1 heterocycles. The van der Waals surface area contributed by atoms with Crippen LogP contribution in [-0.4, -0.2) is 24.4 Å². The summed E-state index contributed by atoms with van der Waals surface area (Å²) >= 11 is 0. The van der Waals surface area contributed by atoms with E-state index in [-0.39, 0.29) is 16.9 Å². The topological polar surface area (TPSA) is 98.0 Å². The highest BCUT2D eigenvalue weighted by molar-refractivity contribution is 7.89. The van der Waals surface area contributed by atoms with Crippen LogP contribution in [0.3, 0.4) is 0 Å². The second-order valence-corrected chi connectivity index (χ2v) is 7.03. The molecule has 1 aliphatic carbocycles. The summed E-state index contributed by atoms with van der Waals surface area (Å²) in [7, 11) is -3.57. The number of nitrogens with two attached hydrogens (primary N) is 1. The molecule has 1 aromatic rings. The highest BCUT2D eigenvalue weighted by Crippen LogP contribution is 2.28. The molecule has 1 aromatic heterocycles. The van der Waals surface area contributed by atoms with Gasteiger partial charge in [0.05, 0.1) is 12.4 Å². The minimum atomic E-state index is -3.57. The van der Waals surface area contributed by atoms with Crippen LogP contribution in [0.15, 0.2) is 17.3 Å². The minimum Gasteiger partial charge on any atom is -0.368 e. The average molecular weight is 298 g/mol. The summed E-state index contributed by atoms with van der Waals surface area (Å²) in [6.45, 7) is 2.02. The summed E-state index contributed by atoms with van der Waals surface area (Å²) in [4.78, 5) is 7.55. The lowest BCUT2D eigenvalue weighted by Crippen LogP contribution is -2.40. The van der Waals surface area contributed by atoms with Crippen molar-refractivity contribution in [1.29, 1.82) is 0 Å².